The Morgan fingerprint density at radius 2 is 1.03 bits per heavy atom. The Morgan fingerprint density at radius 1 is 0.622 bits per heavy atom. The van der Waals surface area contributed by atoms with E-state index in [9.17, 15) is 4.79 Å². The number of aliphatic imine (C=N–C) groups is 1. The molecule has 0 fully saturated rings. The van der Waals surface area contributed by atoms with Crippen LogP contribution in [-0.4, -0.2) is 11.5 Å². The number of carbonyl (C=O) groups excluding carboxylic acids is 1. The van der Waals surface area contributed by atoms with Crippen LogP contribution in [0.3, 0.4) is 0 Å². The average molecular weight is 493 g/mol. The van der Waals surface area contributed by atoms with Gasteiger partial charge in [0.05, 0.1) is 6.04 Å². The van der Waals surface area contributed by atoms with Gasteiger partial charge in [0.25, 0.3) is 0 Å². The van der Waals surface area contributed by atoms with E-state index < -0.39 is 0 Å². The van der Waals surface area contributed by atoms with E-state index in [4.69, 9.17) is 10.7 Å². The summed E-state index contributed by atoms with van der Waals surface area (Å²) in [6, 6.07) is 36.9. The molecule has 0 unspecified atom stereocenters. The first-order chi connectivity index (χ1) is 17.7. The second kappa shape index (κ2) is 15.3. The Balaban J connectivity index is 0.000000214. The van der Waals surface area contributed by atoms with E-state index in [0.29, 0.717) is 0 Å². The average Bonchev–Trinajstić information content (AvgIpc) is 2.91. The summed E-state index contributed by atoms with van der Waals surface area (Å²) < 4.78 is 0. The number of nitrogens with two attached hydrogens (primary N) is 1. The fourth-order valence-electron chi connectivity index (χ4n) is 3.51. The van der Waals surface area contributed by atoms with E-state index >= 15 is 0 Å². The molecular weight excluding hydrogens is 452 g/mol. The third kappa shape index (κ3) is 10.8. The van der Waals surface area contributed by atoms with Crippen LogP contribution in [0.25, 0.3) is 0 Å². The fourth-order valence-corrected chi connectivity index (χ4v) is 3.51. The first-order valence-corrected chi connectivity index (χ1v) is 12.7. The maximum Gasteiger partial charge on any atom is 0.159 e. The van der Waals surface area contributed by atoms with Gasteiger partial charge in [-0.15, -0.1) is 0 Å². The lowest BCUT2D eigenvalue weighted by Crippen LogP contribution is -2.03. The minimum absolute atomic E-state index is 0.125. The Labute approximate surface area is 223 Å². The number of nitrogens with zero attached hydrogens (tertiary/aromatic N) is 1. The van der Waals surface area contributed by atoms with Crippen LogP contribution in [0.2, 0.25) is 0 Å². The van der Waals surface area contributed by atoms with Crippen LogP contribution in [0.5, 0.6) is 0 Å². The molecule has 37 heavy (non-hydrogen) atoms. The predicted octanol–water partition coefficient (Wildman–Crippen LogP) is 8.47. The van der Waals surface area contributed by atoms with Gasteiger partial charge >= 0.3 is 0 Å². The molecule has 4 aromatic carbocycles. The lowest BCUT2D eigenvalue weighted by molar-refractivity contribution is 0.101. The van der Waals surface area contributed by atoms with Crippen LogP contribution in [0, 0.1) is 13.8 Å². The number of Topliss-reactive ketones (excluding diaryl/α,β-unsaturated/α-hetero) is 1. The lowest BCUT2D eigenvalue weighted by atomic mass is 10.1. The summed E-state index contributed by atoms with van der Waals surface area (Å²) in [7, 11) is 0. The summed E-state index contributed by atoms with van der Waals surface area (Å²) in [5, 5.41) is 0. The van der Waals surface area contributed by atoms with Crippen molar-refractivity contribution < 1.29 is 4.79 Å². The molecular formula is C34H40N2O. The highest BCUT2D eigenvalue weighted by atomic mass is 16.1. The van der Waals surface area contributed by atoms with Crippen molar-refractivity contribution in [3.8, 4) is 0 Å². The second-order valence-corrected chi connectivity index (χ2v) is 9.29. The molecule has 2 atom stereocenters. The van der Waals surface area contributed by atoms with Crippen LogP contribution < -0.4 is 5.73 Å². The molecule has 3 heteroatoms. The Bertz CT molecular complexity index is 1230. The van der Waals surface area contributed by atoms with Gasteiger partial charge in [0.15, 0.2) is 5.78 Å². The van der Waals surface area contributed by atoms with Gasteiger partial charge in [0.1, 0.15) is 0 Å². The SMILES string of the molecule is CC(=N[C@H](C)c1ccccc1)c1ccc(C)cc1.CC(=O)c1ccc(C)cc1.C[C@@H](N)c1ccccc1. The molecule has 0 aliphatic carbocycles. The van der Waals surface area contributed by atoms with Gasteiger partial charge in [-0.25, -0.2) is 0 Å². The van der Waals surface area contributed by atoms with E-state index in [1.54, 1.807) is 6.92 Å². The highest BCUT2D eigenvalue weighted by Crippen LogP contribution is 2.17. The molecule has 0 heterocycles. The van der Waals surface area contributed by atoms with Gasteiger partial charge in [0.2, 0.25) is 0 Å². The summed E-state index contributed by atoms with van der Waals surface area (Å²) in [6.07, 6.45) is 0. The fraction of sp³-hybridized carbons (Fsp3) is 0.235. The standard InChI is InChI=1S/C17H19N.C9H10O.C8H11N/c1-13-9-11-17(12-10-13)15(3)18-14(2)16-7-5-4-6-8-16;1-7-3-5-9(6-4-7)8(2)10;1-7(9)8-5-3-2-4-6-8/h4-12,14H,1-3H3;3-6H,1-2H3;2-7H,9H2,1H3/t14-;;7-/m1.1/s1. The van der Waals surface area contributed by atoms with Crippen molar-refractivity contribution in [3.63, 3.8) is 0 Å². The molecule has 0 saturated heterocycles. The molecule has 0 radical (unpaired) electrons. The third-order valence-corrected chi connectivity index (χ3v) is 5.92. The van der Waals surface area contributed by atoms with Gasteiger partial charge in [-0.2, -0.15) is 0 Å². The van der Waals surface area contributed by atoms with E-state index in [-0.39, 0.29) is 17.9 Å². The van der Waals surface area contributed by atoms with E-state index in [1.807, 2.05) is 74.5 Å². The topological polar surface area (TPSA) is 55.5 Å². The van der Waals surface area contributed by atoms with Crippen LogP contribution >= 0.6 is 0 Å². The van der Waals surface area contributed by atoms with E-state index in [1.165, 1.54) is 27.8 Å². The number of hydrogen-bond donors (Lipinski definition) is 1. The largest absolute Gasteiger partial charge is 0.324 e. The third-order valence-electron chi connectivity index (χ3n) is 5.92. The van der Waals surface area contributed by atoms with Crippen LogP contribution in [0.15, 0.2) is 114 Å². The smallest absolute Gasteiger partial charge is 0.159 e. The molecule has 0 aromatic heterocycles. The molecule has 0 aliphatic rings. The van der Waals surface area contributed by atoms with Gasteiger partial charge < -0.3 is 5.73 Å². The molecule has 192 valence electrons. The molecule has 0 saturated carbocycles. The Hall–Kier alpha value is -3.82. The van der Waals surface area contributed by atoms with Gasteiger partial charge in [-0.05, 0) is 58.2 Å². The quantitative estimate of drug-likeness (QED) is 0.224. The predicted molar refractivity (Wildman–Crippen MR) is 158 cm³/mol. The number of benzene rings is 4. The minimum atomic E-state index is 0.125. The lowest BCUT2D eigenvalue weighted by Gasteiger charge is -2.09. The van der Waals surface area contributed by atoms with Crippen LogP contribution in [-0.2, 0) is 0 Å². The number of ketones is 1. The zero-order chi connectivity index (χ0) is 27.2. The van der Waals surface area contributed by atoms with Gasteiger partial charge in [0, 0.05) is 17.3 Å². The monoisotopic (exact) mass is 492 g/mol. The zero-order valence-electron chi connectivity index (χ0n) is 23.0. The van der Waals surface area contributed by atoms with Crippen LogP contribution in [0.4, 0.5) is 0 Å². The van der Waals surface area contributed by atoms with Crippen molar-refractivity contribution in [1.82, 2.24) is 0 Å². The number of hydrogen-bond acceptors (Lipinski definition) is 3. The van der Waals surface area contributed by atoms with Crippen molar-refractivity contribution in [3.05, 3.63) is 143 Å². The Kier molecular flexibility index (Phi) is 12.2. The second-order valence-electron chi connectivity index (χ2n) is 9.29. The maximum absolute atomic E-state index is 10.8. The minimum Gasteiger partial charge on any atom is -0.324 e. The summed E-state index contributed by atoms with van der Waals surface area (Å²) in [4.78, 5) is 15.5. The highest BCUT2D eigenvalue weighted by Gasteiger charge is 2.04. The molecule has 0 aliphatic heterocycles. The highest BCUT2D eigenvalue weighted by molar-refractivity contribution is 5.98. The first-order valence-electron chi connectivity index (χ1n) is 12.7. The number of carbonyl (C=O) groups is 1. The molecule has 2 N–H and O–H groups in total. The molecule has 4 rings (SSSR count). The summed E-state index contributed by atoms with van der Waals surface area (Å²) in [6.45, 7) is 11.9. The summed E-state index contributed by atoms with van der Waals surface area (Å²) >= 11 is 0. The zero-order valence-corrected chi connectivity index (χ0v) is 23.0. The number of rotatable bonds is 5. The molecule has 0 amide bonds. The van der Waals surface area contributed by atoms with Crippen molar-refractivity contribution in [2.75, 3.05) is 0 Å². The molecule has 3 nitrogen and oxygen atoms in total. The number of aryl methyl sites for hydroxylation is 2. The summed E-state index contributed by atoms with van der Waals surface area (Å²) in [5.41, 5.74) is 13.6. The van der Waals surface area contributed by atoms with Crippen molar-refractivity contribution in [2.24, 2.45) is 10.7 Å². The van der Waals surface area contributed by atoms with Gasteiger partial charge in [-0.1, -0.05) is 120 Å². The van der Waals surface area contributed by atoms with Crippen molar-refractivity contribution in [2.45, 2.75) is 53.6 Å². The van der Waals surface area contributed by atoms with Crippen LogP contribution in [0.1, 0.15) is 78.0 Å². The summed E-state index contributed by atoms with van der Waals surface area (Å²) in [5.74, 6) is 0.125. The first kappa shape index (κ1) is 29.4. The van der Waals surface area contributed by atoms with E-state index in [2.05, 4.69) is 69.3 Å². The van der Waals surface area contributed by atoms with Crippen molar-refractivity contribution in [1.29, 1.82) is 0 Å². The van der Waals surface area contributed by atoms with E-state index in [0.717, 1.165) is 11.3 Å². The van der Waals surface area contributed by atoms with Crippen molar-refractivity contribution >= 4 is 11.5 Å². The molecule has 4 aromatic rings. The molecule has 0 spiro atoms. The maximum atomic E-state index is 10.8. The molecule has 0 bridgehead atoms. The normalized spacial score (nSPS) is 12.2. The van der Waals surface area contributed by atoms with Gasteiger partial charge in [-0.3, -0.25) is 9.79 Å². The Morgan fingerprint density at radius 3 is 1.41 bits per heavy atom.